The first-order valence-electron chi connectivity index (χ1n) is 10.1. The van der Waals surface area contributed by atoms with Crippen LogP contribution in [0.15, 0.2) is 65.6 Å². The molecule has 2 atom stereocenters. The molecule has 1 aliphatic rings. The Morgan fingerprint density at radius 3 is 2.55 bits per heavy atom. The monoisotopic (exact) mass is 441 g/mol. The van der Waals surface area contributed by atoms with Crippen LogP contribution in [0.3, 0.4) is 0 Å². The van der Waals surface area contributed by atoms with E-state index in [0.29, 0.717) is 33.9 Å². The third-order valence-electron chi connectivity index (χ3n) is 5.01. The molecule has 1 fully saturated rings. The third-order valence-corrected chi connectivity index (χ3v) is 6.17. The minimum atomic E-state index is -0.336. The van der Waals surface area contributed by atoms with Crippen LogP contribution in [0.5, 0.6) is 5.75 Å². The Hall–Kier alpha value is -2.93. The molecule has 0 bridgehead atoms. The minimum absolute atomic E-state index is 0.261. The van der Waals surface area contributed by atoms with Gasteiger partial charge in [-0.1, -0.05) is 18.2 Å². The number of hydrogen-bond donors (Lipinski definition) is 3. The van der Waals surface area contributed by atoms with Crippen molar-refractivity contribution >= 4 is 23.9 Å². The molecule has 3 rings (SSSR count). The lowest BCUT2D eigenvalue weighted by Gasteiger charge is -2.23. The number of rotatable bonds is 9. The number of anilines is 1. The lowest BCUT2D eigenvalue weighted by Crippen LogP contribution is -2.24. The maximum absolute atomic E-state index is 14.4. The van der Waals surface area contributed by atoms with Gasteiger partial charge in [-0.3, -0.25) is 4.79 Å². The molecule has 2 unspecified atom stereocenters. The van der Waals surface area contributed by atoms with Gasteiger partial charge in [0.15, 0.2) is 0 Å². The van der Waals surface area contributed by atoms with Gasteiger partial charge in [-0.15, -0.1) is 0 Å². The lowest BCUT2D eigenvalue weighted by atomic mass is 10.1. The molecule has 1 saturated carbocycles. The number of aryl methyl sites for hydroxylation is 1. The van der Waals surface area contributed by atoms with Crippen molar-refractivity contribution in [2.45, 2.75) is 31.4 Å². The van der Waals surface area contributed by atoms with Crippen LogP contribution < -0.4 is 10.0 Å². The molecule has 7 heteroatoms. The van der Waals surface area contributed by atoms with Gasteiger partial charge in [0.2, 0.25) is 0 Å². The van der Waals surface area contributed by atoms with Gasteiger partial charge in [0.05, 0.1) is 11.4 Å². The molecule has 0 saturated heterocycles. The molecule has 2 aromatic rings. The first-order valence-corrected chi connectivity index (χ1v) is 10.9. The largest absolute Gasteiger partial charge is 0.508 e. The number of nitrogens with zero attached hydrogens (tertiary/aromatic N) is 1. The summed E-state index contributed by atoms with van der Waals surface area (Å²) in [6.07, 6.45) is 3.57. The Bertz CT molecular complexity index is 1000. The molecule has 0 amide bonds. The second-order valence-corrected chi connectivity index (χ2v) is 9.01. The van der Waals surface area contributed by atoms with E-state index in [2.05, 4.69) is 10.0 Å². The quantitative estimate of drug-likeness (QED) is 0.222. The molecule has 0 spiro atoms. The zero-order valence-corrected chi connectivity index (χ0v) is 19.0. The van der Waals surface area contributed by atoms with Crippen LogP contribution in [0.1, 0.15) is 30.4 Å². The van der Waals surface area contributed by atoms with Crippen molar-refractivity contribution in [3.05, 3.63) is 82.6 Å². The van der Waals surface area contributed by atoms with Crippen LogP contribution in [0, 0.1) is 12.7 Å². The summed E-state index contributed by atoms with van der Waals surface area (Å²) in [5, 5.41) is 13.0. The number of phenolic OH excluding ortho intramolecular Hbond substituents is 1. The van der Waals surface area contributed by atoms with E-state index in [4.69, 9.17) is 0 Å². The summed E-state index contributed by atoms with van der Waals surface area (Å²) in [7, 11) is 3.72. The van der Waals surface area contributed by atoms with E-state index in [1.54, 1.807) is 43.1 Å². The SMILES string of the molecule is C/C(C=O)=C/C(NSC1CC1c1ccc(O)cc1)=C(/Nc1ccc(C)cc1F)N(C)C. The number of allylic oxidation sites excluding steroid dienone is 2. The second-order valence-electron chi connectivity index (χ2n) is 7.96. The molecule has 0 aliphatic heterocycles. The van der Waals surface area contributed by atoms with Crippen LogP contribution >= 0.6 is 11.9 Å². The normalized spacial score (nSPS) is 18.8. The maximum atomic E-state index is 14.4. The first kappa shape index (κ1) is 22.7. The highest BCUT2D eigenvalue weighted by molar-refractivity contribution is 7.98. The second kappa shape index (κ2) is 9.92. The van der Waals surface area contributed by atoms with Gasteiger partial charge in [-0.2, -0.15) is 0 Å². The standard InChI is InChI=1S/C24H28FN3O2S/c1-15-5-10-21(20(25)11-15)26-24(28(3)4)22(12-16(2)14-29)27-31-23-13-19(23)17-6-8-18(30)9-7-17/h5-12,14,19,23,26-27,30H,13H2,1-4H3/b16-12-,24-22+. The van der Waals surface area contributed by atoms with Crippen LogP contribution in [0.25, 0.3) is 0 Å². The summed E-state index contributed by atoms with van der Waals surface area (Å²) < 4.78 is 17.8. The fraction of sp³-hybridized carbons (Fsp3) is 0.292. The molecule has 5 nitrogen and oxygen atoms in total. The summed E-state index contributed by atoms with van der Waals surface area (Å²) >= 11 is 1.58. The van der Waals surface area contributed by atoms with Gasteiger partial charge in [0.1, 0.15) is 23.7 Å². The topological polar surface area (TPSA) is 64.6 Å². The zero-order chi connectivity index (χ0) is 22.5. The molecule has 2 aromatic carbocycles. The van der Waals surface area contributed by atoms with Crippen LogP contribution in [0.4, 0.5) is 10.1 Å². The van der Waals surface area contributed by atoms with E-state index in [1.165, 1.54) is 11.6 Å². The smallest absolute Gasteiger partial charge is 0.146 e. The van der Waals surface area contributed by atoms with Crippen molar-refractivity contribution in [1.82, 2.24) is 9.62 Å². The number of aldehydes is 1. The average Bonchev–Trinajstić information content (AvgIpc) is 3.50. The fourth-order valence-corrected chi connectivity index (χ4v) is 4.25. The molecule has 164 valence electrons. The predicted octanol–water partition coefficient (Wildman–Crippen LogP) is 4.92. The van der Waals surface area contributed by atoms with E-state index < -0.39 is 0 Å². The fourth-order valence-electron chi connectivity index (χ4n) is 3.19. The van der Waals surface area contributed by atoms with E-state index in [1.807, 2.05) is 44.1 Å². The van der Waals surface area contributed by atoms with Gasteiger partial charge in [0.25, 0.3) is 0 Å². The van der Waals surface area contributed by atoms with Gasteiger partial charge in [-0.25, -0.2) is 4.39 Å². The summed E-state index contributed by atoms with van der Waals surface area (Å²) in [6.45, 7) is 3.57. The molecule has 0 radical (unpaired) electrons. The van der Waals surface area contributed by atoms with Crippen LogP contribution in [0.2, 0.25) is 0 Å². The highest BCUT2D eigenvalue weighted by Gasteiger charge is 2.39. The third kappa shape index (κ3) is 6.04. The average molecular weight is 442 g/mol. The highest BCUT2D eigenvalue weighted by Crippen LogP contribution is 2.48. The number of halogens is 1. The number of benzene rings is 2. The molecule has 31 heavy (non-hydrogen) atoms. The summed E-state index contributed by atoms with van der Waals surface area (Å²) in [6, 6.07) is 12.3. The molecule has 1 aliphatic carbocycles. The zero-order valence-electron chi connectivity index (χ0n) is 18.1. The van der Waals surface area contributed by atoms with Crippen molar-refractivity contribution in [3.63, 3.8) is 0 Å². The highest BCUT2D eigenvalue weighted by atomic mass is 32.2. The summed E-state index contributed by atoms with van der Waals surface area (Å²) in [4.78, 5) is 13.1. The number of carbonyl (C=O) groups is 1. The van der Waals surface area contributed by atoms with Gasteiger partial charge >= 0.3 is 0 Å². The molecule has 3 N–H and O–H groups in total. The summed E-state index contributed by atoms with van der Waals surface area (Å²) in [5.41, 5.74) is 3.65. The van der Waals surface area contributed by atoms with E-state index in [0.717, 1.165) is 18.3 Å². The van der Waals surface area contributed by atoms with Crippen molar-refractivity contribution < 1.29 is 14.3 Å². The molecular formula is C24H28FN3O2S. The molecular weight excluding hydrogens is 413 g/mol. The van der Waals surface area contributed by atoms with E-state index in [-0.39, 0.29) is 11.6 Å². The maximum Gasteiger partial charge on any atom is 0.146 e. The first-order chi connectivity index (χ1) is 14.8. The van der Waals surface area contributed by atoms with Crippen molar-refractivity contribution in [2.75, 3.05) is 19.4 Å². The number of nitrogens with one attached hydrogen (secondary N) is 2. The van der Waals surface area contributed by atoms with Crippen molar-refractivity contribution in [3.8, 4) is 5.75 Å². The Morgan fingerprint density at radius 1 is 1.23 bits per heavy atom. The number of phenols is 1. The molecule has 0 heterocycles. The van der Waals surface area contributed by atoms with E-state index >= 15 is 0 Å². The van der Waals surface area contributed by atoms with E-state index in [9.17, 15) is 14.3 Å². The Morgan fingerprint density at radius 2 is 1.94 bits per heavy atom. The van der Waals surface area contributed by atoms with Gasteiger partial charge in [-0.05, 0) is 85.2 Å². The van der Waals surface area contributed by atoms with Crippen LogP contribution in [-0.4, -0.2) is 35.6 Å². The Kier molecular flexibility index (Phi) is 7.28. The molecule has 0 aromatic heterocycles. The number of aromatic hydroxyl groups is 1. The predicted molar refractivity (Wildman–Crippen MR) is 125 cm³/mol. The van der Waals surface area contributed by atoms with Gasteiger partial charge < -0.3 is 20.0 Å². The minimum Gasteiger partial charge on any atom is -0.508 e. The summed E-state index contributed by atoms with van der Waals surface area (Å²) in [5.74, 6) is 0.979. The van der Waals surface area contributed by atoms with Crippen molar-refractivity contribution in [2.24, 2.45) is 0 Å². The number of hydrogen-bond acceptors (Lipinski definition) is 6. The number of carbonyl (C=O) groups excluding carboxylic acids is 1. The Balaban J connectivity index is 1.81. The van der Waals surface area contributed by atoms with Crippen LogP contribution in [-0.2, 0) is 4.79 Å². The lowest BCUT2D eigenvalue weighted by molar-refractivity contribution is -0.104. The van der Waals surface area contributed by atoms with Crippen molar-refractivity contribution in [1.29, 1.82) is 0 Å². The van der Waals surface area contributed by atoms with Gasteiger partial charge in [0, 0.05) is 19.3 Å². The Labute approximate surface area is 187 Å².